The smallest absolute Gasteiger partial charge is 0.231 e. The summed E-state index contributed by atoms with van der Waals surface area (Å²) in [4.78, 5) is 2.48. The fraction of sp³-hybridized carbons (Fsp3) is 0.429. The highest BCUT2D eigenvalue weighted by atomic mass is 16.7. The molecule has 0 saturated carbocycles. The summed E-state index contributed by atoms with van der Waals surface area (Å²) >= 11 is 0. The fourth-order valence-corrected chi connectivity index (χ4v) is 2.32. The molecule has 1 aromatic rings. The van der Waals surface area contributed by atoms with Gasteiger partial charge in [-0.3, -0.25) is 4.90 Å². The second kappa shape index (κ2) is 4.80. The van der Waals surface area contributed by atoms with Crippen molar-refractivity contribution in [1.29, 1.82) is 0 Å². The fourth-order valence-electron chi connectivity index (χ4n) is 2.32. The van der Waals surface area contributed by atoms with E-state index in [4.69, 9.17) is 9.47 Å². The van der Waals surface area contributed by atoms with Crippen LogP contribution in [0, 0.1) is 0 Å². The zero-order chi connectivity index (χ0) is 11.5. The molecule has 0 bridgehead atoms. The Morgan fingerprint density at radius 3 is 2.82 bits per heavy atom. The van der Waals surface area contributed by atoms with Crippen LogP contribution in [0.15, 0.2) is 24.3 Å². The third kappa shape index (κ3) is 2.44. The van der Waals surface area contributed by atoms with Crippen LogP contribution in [0.25, 0.3) is 6.08 Å². The average Bonchev–Trinajstić information content (AvgIpc) is 2.98. The van der Waals surface area contributed by atoms with E-state index in [2.05, 4.69) is 23.1 Å². The molecule has 3 nitrogen and oxygen atoms in total. The van der Waals surface area contributed by atoms with Gasteiger partial charge in [0.2, 0.25) is 6.79 Å². The molecule has 0 amide bonds. The second-order valence-corrected chi connectivity index (χ2v) is 4.52. The predicted molar refractivity (Wildman–Crippen MR) is 67.3 cm³/mol. The van der Waals surface area contributed by atoms with E-state index >= 15 is 0 Å². The summed E-state index contributed by atoms with van der Waals surface area (Å²) in [5.41, 5.74) is 1.17. The van der Waals surface area contributed by atoms with Gasteiger partial charge >= 0.3 is 0 Å². The van der Waals surface area contributed by atoms with Crippen molar-refractivity contribution in [3.05, 3.63) is 29.8 Å². The van der Waals surface area contributed by atoms with Crippen LogP contribution >= 0.6 is 0 Å². The number of nitrogens with zero attached hydrogens (tertiary/aromatic N) is 1. The van der Waals surface area contributed by atoms with Crippen molar-refractivity contribution in [2.45, 2.75) is 12.8 Å². The lowest BCUT2D eigenvalue weighted by molar-refractivity contribution is 0.174. The third-order valence-electron chi connectivity index (χ3n) is 3.27. The Morgan fingerprint density at radius 1 is 1.12 bits per heavy atom. The van der Waals surface area contributed by atoms with Crippen LogP contribution in [0.5, 0.6) is 11.5 Å². The number of hydrogen-bond donors (Lipinski definition) is 0. The molecule has 2 aliphatic heterocycles. The van der Waals surface area contributed by atoms with Crippen LogP contribution in [0.2, 0.25) is 0 Å². The Labute approximate surface area is 102 Å². The van der Waals surface area contributed by atoms with Crippen molar-refractivity contribution in [2.75, 3.05) is 26.4 Å². The van der Waals surface area contributed by atoms with E-state index < -0.39 is 0 Å². The molecule has 2 heterocycles. The molecule has 0 atom stereocenters. The van der Waals surface area contributed by atoms with Gasteiger partial charge in [0.15, 0.2) is 11.5 Å². The SMILES string of the molecule is C(=C\c1ccc2c(c1)OCO2)/CN1CCCC1. The lowest BCUT2D eigenvalue weighted by Crippen LogP contribution is -2.18. The van der Waals surface area contributed by atoms with Crippen LogP contribution < -0.4 is 9.47 Å². The van der Waals surface area contributed by atoms with Gasteiger partial charge in [0.1, 0.15) is 0 Å². The molecule has 0 unspecified atom stereocenters. The largest absolute Gasteiger partial charge is 0.454 e. The van der Waals surface area contributed by atoms with Crippen molar-refractivity contribution >= 4 is 6.08 Å². The van der Waals surface area contributed by atoms with Crippen LogP contribution in [0.4, 0.5) is 0 Å². The van der Waals surface area contributed by atoms with Gasteiger partial charge < -0.3 is 9.47 Å². The minimum absolute atomic E-state index is 0.344. The molecule has 90 valence electrons. The molecule has 1 saturated heterocycles. The van der Waals surface area contributed by atoms with Crippen molar-refractivity contribution in [3.8, 4) is 11.5 Å². The summed E-state index contributed by atoms with van der Waals surface area (Å²) in [7, 11) is 0. The molecule has 17 heavy (non-hydrogen) atoms. The Balaban J connectivity index is 1.62. The maximum atomic E-state index is 5.35. The quantitative estimate of drug-likeness (QED) is 0.798. The van der Waals surface area contributed by atoms with Gasteiger partial charge in [0.05, 0.1) is 0 Å². The molecular formula is C14H17NO2. The Kier molecular flexibility index (Phi) is 3.01. The number of rotatable bonds is 3. The molecule has 1 fully saturated rings. The molecule has 0 aliphatic carbocycles. The minimum Gasteiger partial charge on any atom is -0.454 e. The van der Waals surface area contributed by atoms with Gasteiger partial charge in [-0.15, -0.1) is 0 Å². The topological polar surface area (TPSA) is 21.7 Å². The van der Waals surface area contributed by atoms with Gasteiger partial charge in [-0.1, -0.05) is 18.2 Å². The number of fused-ring (bicyclic) bond motifs is 1. The highest BCUT2D eigenvalue weighted by molar-refractivity contribution is 5.56. The number of benzene rings is 1. The van der Waals surface area contributed by atoms with Gasteiger partial charge in [0.25, 0.3) is 0 Å². The number of likely N-dealkylation sites (tertiary alicyclic amines) is 1. The van der Waals surface area contributed by atoms with Gasteiger partial charge in [-0.2, -0.15) is 0 Å². The summed E-state index contributed by atoms with van der Waals surface area (Å²) in [6, 6.07) is 6.06. The first-order valence-corrected chi connectivity index (χ1v) is 6.20. The predicted octanol–water partition coefficient (Wildman–Crippen LogP) is 2.52. The van der Waals surface area contributed by atoms with Crippen molar-refractivity contribution < 1.29 is 9.47 Å². The van der Waals surface area contributed by atoms with E-state index in [1.165, 1.54) is 31.5 Å². The van der Waals surface area contributed by atoms with E-state index in [1.54, 1.807) is 0 Å². The molecule has 0 spiro atoms. The maximum Gasteiger partial charge on any atom is 0.231 e. The Morgan fingerprint density at radius 2 is 1.94 bits per heavy atom. The zero-order valence-corrected chi connectivity index (χ0v) is 9.89. The van der Waals surface area contributed by atoms with Gasteiger partial charge in [0, 0.05) is 6.54 Å². The van der Waals surface area contributed by atoms with E-state index in [0.29, 0.717) is 6.79 Å². The monoisotopic (exact) mass is 231 g/mol. The normalized spacial score (nSPS) is 19.3. The lowest BCUT2D eigenvalue weighted by Gasteiger charge is -2.10. The molecule has 2 aliphatic rings. The van der Waals surface area contributed by atoms with Crippen LogP contribution in [-0.2, 0) is 0 Å². The zero-order valence-electron chi connectivity index (χ0n) is 9.89. The first-order chi connectivity index (χ1) is 8.42. The van der Waals surface area contributed by atoms with Gasteiger partial charge in [-0.25, -0.2) is 0 Å². The standard InChI is InChI=1S/C14H17NO2/c1-2-8-15(7-1)9-3-4-12-5-6-13-14(10-12)17-11-16-13/h3-6,10H,1-2,7-9,11H2/b4-3+. The van der Waals surface area contributed by atoms with Crippen LogP contribution in [0.3, 0.4) is 0 Å². The van der Waals surface area contributed by atoms with Crippen LogP contribution in [0.1, 0.15) is 18.4 Å². The number of hydrogen-bond acceptors (Lipinski definition) is 3. The highest BCUT2D eigenvalue weighted by Crippen LogP contribution is 2.32. The molecular weight excluding hydrogens is 214 g/mol. The van der Waals surface area contributed by atoms with Gasteiger partial charge in [-0.05, 0) is 43.6 Å². The first kappa shape index (κ1) is 10.7. The van der Waals surface area contributed by atoms with Crippen molar-refractivity contribution in [3.63, 3.8) is 0 Å². The second-order valence-electron chi connectivity index (χ2n) is 4.52. The summed E-state index contributed by atoms with van der Waals surface area (Å²) < 4.78 is 10.6. The van der Waals surface area contributed by atoms with E-state index in [0.717, 1.165) is 18.0 Å². The van der Waals surface area contributed by atoms with Crippen molar-refractivity contribution in [2.24, 2.45) is 0 Å². The van der Waals surface area contributed by atoms with E-state index in [-0.39, 0.29) is 0 Å². The molecule has 0 aromatic heterocycles. The summed E-state index contributed by atoms with van der Waals surface area (Å²) in [6.45, 7) is 3.88. The Hall–Kier alpha value is -1.48. The Bertz CT molecular complexity index is 422. The van der Waals surface area contributed by atoms with E-state index in [1.807, 2.05) is 12.1 Å². The molecule has 3 rings (SSSR count). The summed E-state index contributed by atoms with van der Waals surface area (Å²) in [5.74, 6) is 1.70. The van der Waals surface area contributed by atoms with E-state index in [9.17, 15) is 0 Å². The maximum absolute atomic E-state index is 5.35. The molecule has 3 heteroatoms. The first-order valence-electron chi connectivity index (χ1n) is 6.20. The van der Waals surface area contributed by atoms with Crippen molar-refractivity contribution in [1.82, 2.24) is 4.90 Å². The summed E-state index contributed by atoms with van der Waals surface area (Å²) in [6.07, 6.45) is 7.07. The highest BCUT2D eigenvalue weighted by Gasteiger charge is 2.12. The summed E-state index contributed by atoms with van der Waals surface area (Å²) in [5, 5.41) is 0. The third-order valence-corrected chi connectivity index (χ3v) is 3.27. The number of ether oxygens (including phenoxy) is 2. The lowest BCUT2D eigenvalue weighted by atomic mass is 10.2. The molecule has 0 radical (unpaired) electrons. The van der Waals surface area contributed by atoms with Crippen LogP contribution in [-0.4, -0.2) is 31.3 Å². The minimum atomic E-state index is 0.344. The molecule has 0 N–H and O–H groups in total. The molecule has 1 aromatic carbocycles. The average molecular weight is 231 g/mol.